The first-order chi connectivity index (χ1) is 13.4. The number of amides is 2. The quantitative estimate of drug-likeness (QED) is 0.817. The molecule has 1 aromatic carbocycles. The second-order valence-corrected chi connectivity index (χ2v) is 8.54. The van der Waals surface area contributed by atoms with Crippen LogP contribution in [0.5, 0.6) is 0 Å². The van der Waals surface area contributed by atoms with Crippen molar-refractivity contribution in [3.05, 3.63) is 24.3 Å². The van der Waals surface area contributed by atoms with Gasteiger partial charge in [0.1, 0.15) is 0 Å². The molecule has 1 aromatic rings. The summed E-state index contributed by atoms with van der Waals surface area (Å²) in [6.07, 6.45) is 3.14. The van der Waals surface area contributed by atoms with Gasteiger partial charge in [-0.2, -0.15) is 0 Å². The Morgan fingerprint density at radius 2 is 1.43 bits per heavy atom. The highest BCUT2D eigenvalue weighted by molar-refractivity contribution is 5.93. The van der Waals surface area contributed by atoms with Crippen molar-refractivity contribution in [3.63, 3.8) is 0 Å². The molecule has 6 heteroatoms. The molecule has 0 aromatic heterocycles. The van der Waals surface area contributed by atoms with E-state index in [1.54, 1.807) is 0 Å². The molecule has 1 saturated carbocycles. The van der Waals surface area contributed by atoms with Crippen molar-refractivity contribution in [2.24, 2.45) is 11.8 Å². The fourth-order valence-electron chi connectivity index (χ4n) is 4.08. The van der Waals surface area contributed by atoms with Crippen LogP contribution in [0, 0.1) is 11.8 Å². The van der Waals surface area contributed by atoms with Crippen molar-refractivity contribution in [3.8, 4) is 0 Å². The smallest absolute Gasteiger partial charge is 0.227 e. The van der Waals surface area contributed by atoms with Crippen LogP contribution >= 0.6 is 0 Å². The molecule has 1 aliphatic heterocycles. The van der Waals surface area contributed by atoms with Gasteiger partial charge in [0.25, 0.3) is 0 Å². The Morgan fingerprint density at radius 3 is 1.96 bits per heavy atom. The van der Waals surface area contributed by atoms with E-state index in [1.165, 1.54) is 5.69 Å². The number of benzene rings is 1. The lowest BCUT2D eigenvalue weighted by atomic mass is 9.81. The number of hydrogen-bond donors (Lipinski definition) is 2. The van der Waals surface area contributed by atoms with Gasteiger partial charge in [0.2, 0.25) is 11.8 Å². The van der Waals surface area contributed by atoms with Crippen molar-refractivity contribution >= 4 is 23.2 Å². The van der Waals surface area contributed by atoms with Gasteiger partial charge in [0.05, 0.1) is 0 Å². The fraction of sp³-hybridized carbons (Fsp3) is 0.636. The number of rotatable bonds is 5. The van der Waals surface area contributed by atoms with Gasteiger partial charge >= 0.3 is 0 Å². The Kier molecular flexibility index (Phi) is 6.94. The maximum atomic E-state index is 12.6. The minimum Gasteiger partial charge on any atom is -0.369 e. The second-order valence-electron chi connectivity index (χ2n) is 8.54. The molecule has 0 atom stereocenters. The zero-order valence-corrected chi connectivity index (χ0v) is 17.4. The Labute approximate surface area is 168 Å². The van der Waals surface area contributed by atoms with Gasteiger partial charge in [-0.05, 0) is 70.8 Å². The van der Waals surface area contributed by atoms with Crippen LogP contribution in [0.1, 0.15) is 39.5 Å². The van der Waals surface area contributed by atoms with Crippen LogP contribution in [0.2, 0.25) is 0 Å². The van der Waals surface area contributed by atoms with E-state index in [4.69, 9.17) is 0 Å². The normalized spacial score (nSPS) is 23.5. The third-order valence-corrected chi connectivity index (χ3v) is 5.90. The zero-order valence-electron chi connectivity index (χ0n) is 17.4. The predicted octanol–water partition coefficient (Wildman–Crippen LogP) is 2.71. The molecule has 0 unspecified atom stereocenters. The summed E-state index contributed by atoms with van der Waals surface area (Å²) in [5.74, 6) is 0.262. The summed E-state index contributed by atoms with van der Waals surface area (Å²) in [5, 5.41) is 6.04. The molecule has 6 nitrogen and oxygen atoms in total. The highest BCUT2D eigenvalue weighted by Crippen LogP contribution is 2.30. The third-order valence-electron chi connectivity index (χ3n) is 5.90. The Hall–Kier alpha value is -2.08. The van der Waals surface area contributed by atoms with E-state index in [1.807, 2.05) is 26.0 Å². The average molecular weight is 387 g/mol. The second kappa shape index (κ2) is 9.41. The number of carbonyl (C=O) groups is 2. The van der Waals surface area contributed by atoms with Crippen molar-refractivity contribution in [2.45, 2.75) is 45.6 Å². The molecule has 0 bridgehead atoms. The van der Waals surface area contributed by atoms with Gasteiger partial charge in [-0.3, -0.25) is 9.59 Å². The molecule has 0 radical (unpaired) electrons. The van der Waals surface area contributed by atoms with Crippen LogP contribution in [0.15, 0.2) is 24.3 Å². The zero-order chi connectivity index (χ0) is 20.1. The van der Waals surface area contributed by atoms with Crippen LogP contribution in [-0.4, -0.2) is 56.0 Å². The number of nitrogens with zero attached hydrogens (tertiary/aromatic N) is 2. The lowest BCUT2D eigenvalue weighted by Crippen LogP contribution is -2.44. The van der Waals surface area contributed by atoms with Gasteiger partial charge in [0, 0.05) is 55.4 Å². The molecule has 3 rings (SSSR count). The van der Waals surface area contributed by atoms with Gasteiger partial charge in [0.15, 0.2) is 0 Å². The molecule has 1 aliphatic carbocycles. The van der Waals surface area contributed by atoms with Crippen molar-refractivity contribution in [1.82, 2.24) is 10.2 Å². The fourth-order valence-corrected chi connectivity index (χ4v) is 4.08. The number of piperazine rings is 1. The maximum absolute atomic E-state index is 12.6. The maximum Gasteiger partial charge on any atom is 0.227 e. The van der Waals surface area contributed by atoms with Crippen LogP contribution in [0.25, 0.3) is 0 Å². The average Bonchev–Trinajstić information content (AvgIpc) is 2.69. The lowest BCUT2D eigenvalue weighted by molar-refractivity contribution is -0.128. The van der Waals surface area contributed by atoms with Gasteiger partial charge < -0.3 is 20.4 Å². The monoisotopic (exact) mass is 386 g/mol. The van der Waals surface area contributed by atoms with Crippen LogP contribution in [-0.2, 0) is 9.59 Å². The van der Waals surface area contributed by atoms with Crippen LogP contribution in [0.4, 0.5) is 11.4 Å². The Morgan fingerprint density at radius 1 is 0.893 bits per heavy atom. The number of anilines is 2. The van der Waals surface area contributed by atoms with E-state index < -0.39 is 0 Å². The molecule has 0 spiro atoms. The molecule has 2 N–H and O–H groups in total. The van der Waals surface area contributed by atoms with E-state index in [9.17, 15) is 9.59 Å². The summed E-state index contributed by atoms with van der Waals surface area (Å²) >= 11 is 0. The van der Waals surface area contributed by atoms with E-state index in [2.05, 4.69) is 39.6 Å². The first-order valence-electron chi connectivity index (χ1n) is 10.6. The van der Waals surface area contributed by atoms with E-state index in [0.717, 1.165) is 57.5 Å². The number of hydrogen-bond acceptors (Lipinski definition) is 4. The topological polar surface area (TPSA) is 64.7 Å². The molecular formula is C22H34N4O2. The molecule has 1 saturated heterocycles. The highest BCUT2D eigenvalue weighted by Gasteiger charge is 2.30. The summed E-state index contributed by atoms with van der Waals surface area (Å²) in [6, 6.07) is 8.34. The third kappa shape index (κ3) is 5.47. The van der Waals surface area contributed by atoms with Crippen LogP contribution in [0.3, 0.4) is 0 Å². The largest absolute Gasteiger partial charge is 0.369 e. The predicted molar refractivity (Wildman–Crippen MR) is 114 cm³/mol. The van der Waals surface area contributed by atoms with Gasteiger partial charge in [-0.1, -0.05) is 0 Å². The summed E-state index contributed by atoms with van der Waals surface area (Å²) < 4.78 is 0. The van der Waals surface area contributed by atoms with Crippen molar-refractivity contribution < 1.29 is 9.59 Å². The molecule has 2 amide bonds. The van der Waals surface area contributed by atoms with Gasteiger partial charge in [-0.25, -0.2) is 0 Å². The molecule has 1 heterocycles. The molecular weight excluding hydrogens is 352 g/mol. The van der Waals surface area contributed by atoms with E-state index in [-0.39, 0.29) is 29.7 Å². The molecule has 2 aliphatic rings. The van der Waals surface area contributed by atoms with Crippen molar-refractivity contribution in [1.29, 1.82) is 0 Å². The number of carbonyl (C=O) groups excluding carboxylic acids is 2. The summed E-state index contributed by atoms with van der Waals surface area (Å²) in [5.41, 5.74) is 2.06. The van der Waals surface area contributed by atoms with Crippen molar-refractivity contribution in [2.75, 3.05) is 43.4 Å². The van der Waals surface area contributed by atoms with E-state index in [0.29, 0.717) is 0 Å². The van der Waals surface area contributed by atoms with E-state index >= 15 is 0 Å². The number of likely N-dealkylation sites (N-methyl/N-ethyl adjacent to an activating group) is 1. The molecule has 28 heavy (non-hydrogen) atoms. The van der Waals surface area contributed by atoms with Crippen LogP contribution < -0.4 is 15.5 Å². The minimum absolute atomic E-state index is 0.000378. The minimum atomic E-state index is 0.000378. The number of nitrogens with one attached hydrogen (secondary N) is 2. The molecule has 2 fully saturated rings. The highest BCUT2D eigenvalue weighted by atomic mass is 16.2. The first kappa shape index (κ1) is 20.6. The van der Waals surface area contributed by atoms with Gasteiger partial charge in [-0.15, -0.1) is 0 Å². The Balaban J connectivity index is 1.47. The summed E-state index contributed by atoms with van der Waals surface area (Å²) in [7, 11) is 2.15. The standard InChI is InChI=1S/C22H34N4O2/c1-16(2)23-21(27)17-4-6-18(7-5-17)22(28)24-19-8-10-20(11-9-19)26-14-12-25(3)13-15-26/h8-11,16-18H,4-7,12-15H2,1-3H3,(H,23,27)(H,24,28). The summed E-state index contributed by atoms with van der Waals surface area (Å²) in [6.45, 7) is 8.19. The lowest BCUT2D eigenvalue weighted by Gasteiger charge is -2.34. The first-order valence-corrected chi connectivity index (χ1v) is 10.6. The SMILES string of the molecule is CC(C)NC(=O)C1CCC(C(=O)Nc2ccc(N3CCN(C)CC3)cc2)CC1. The summed E-state index contributed by atoms with van der Waals surface area (Å²) in [4.78, 5) is 29.5. The Bertz CT molecular complexity index is 658. The molecule has 154 valence electrons.